The Balaban J connectivity index is 1.45. The summed E-state index contributed by atoms with van der Waals surface area (Å²) in [5.74, 6) is 1.99. The lowest BCUT2D eigenvalue weighted by molar-refractivity contribution is -0.135. The highest BCUT2D eigenvalue weighted by Gasteiger charge is 2.40. The molecule has 0 aromatic heterocycles. The first-order chi connectivity index (χ1) is 17.3. The van der Waals surface area contributed by atoms with Gasteiger partial charge in [-0.2, -0.15) is 0 Å². The number of unbranched alkanes of at least 4 members (excludes halogenated alkanes) is 2. The third-order valence-electron chi connectivity index (χ3n) is 8.57. The largest absolute Gasteiger partial charge is 0.493 e. The molecule has 2 amide bonds. The Kier molecular flexibility index (Phi) is 8.97. The molecule has 0 N–H and O–H groups in total. The van der Waals surface area contributed by atoms with Crippen LogP contribution in [0.25, 0.3) is 0 Å². The average Bonchev–Trinajstić information content (AvgIpc) is 3.56. The standard InChI is InChI=1S/C30H47N3O3/c1-5-7-14-31(15-8-6-2)28(34)22-33-21-25(23-9-10-27-24(19-23)12-18-36-27)20-26(33)11-16-32-17-13-30(3,4)29(32)35/h9-10,19,25-26H,5-8,11-18,20-22H2,1-4H3. The number of benzene rings is 1. The van der Waals surface area contributed by atoms with E-state index in [2.05, 4.69) is 60.6 Å². The molecule has 1 aromatic carbocycles. The van der Waals surface area contributed by atoms with E-state index in [1.165, 1.54) is 11.1 Å². The van der Waals surface area contributed by atoms with E-state index in [4.69, 9.17) is 4.74 Å². The van der Waals surface area contributed by atoms with Crippen molar-refractivity contribution < 1.29 is 14.3 Å². The molecular weight excluding hydrogens is 450 g/mol. The Morgan fingerprint density at radius 3 is 2.58 bits per heavy atom. The van der Waals surface area contributed by atoms with Crippen LogP contribution in [0, 0.1) is 5.41 Å². The molecule has 3 aliphatic rings. The second-order valence-electron chi connectivity index (χ2n) is 11.8. The maximum Gasteiger partial charge on any atom is 0.236 e. The fourth-order valence-electron chi connectivity index (χ4n) is 6.08. The Hall–Kier alpha value is -2.08. The second kappa shape index (κ2) is 12.0. The van der Waals surface area contributed by atoms with Gasteiger partial charge < -0.3 is 14.5 Å². The van der Waals surface area contributed by atoms with E-state index in [0.29, 0.717) is 18.5 Å². The smallest absolute Gasteiger partial charge is 0.236 e. The molecule has 2 fully saturated rings. The van der Waals surface area contributed by atoms with Gasteiger partial charge >= 0.3 is 0 Å². The van der Waals surface area contributed by atoms with Gasteiger partial charge in [0.2, 0.25) is 11.8 Å². The highest BCUT2D eigenvalue weighted by molar-refractivity contribution is 5.84. The van der Waals surface area contributed by atoms with Crippen molar-refractivity contribution >= 4 is 11.8 Å². The zero-order chi connectivity index (χ0) is 25.7. The molecule has 0 aliphatic carbocycles. The molecule has 0 radical (unpaired) electrons. The van der Waals surface area contributed by atoms with E-state index in [9.17, 15) is 9.59 Å². The molecule has 2 atom stereocenters. The zero-order valence-corrected chi connectivity index (χ0v) is 23.1. The number of hydrogen-bond acceptors (Lipinski definition) is 4. The van der Waals surface area contributed by atoms with Gasteiger partial charge in [-0.05, 0) is 55.2 Å². The first-order valence-corrected chi connectivity index (χ1v) is 14.4. The van der Waals surface area contributed by atoms with Crippen molar-refractivity contribution in [3.8, 4) is 5.75 Å². The summed E-state index contributed by atoms with van der Waals surface area (Å²) >= 11 is 0. The van der Waals surface area contributed by atoms with E-state index >= 15 is 0 Å². The van der Waals surface area contributed by atoms with E-state index in [-0.39, 0.29) is 17.2 Å². The van der Waals surface area contributed by atoms with Crippen LogP contribution < -0.4 is 4.74 Å². The maximum absolute atomic E-state index is 13.5. The van der Waals surface area contributed by atoms with Crippen LogP contribution in [-0.4, -0.2) is 78.4 Å². The van der Waals surface area contributed by atoms with Gasteiger partial charge in [0.1, 0.15) is 5.75 Å². The molecule has 1 aromatic rings. The summed E-state index contributed by atoms with van der Waals surface area (Å²) < 4.78 is 5.73. The topological polar surface area (TPSA) is 53.1 Å². The van der Waals surface area contributed by atoms with Crippen molar-refractivity contribution in [1.29, 1.82) is 0 Å². The highest BCUT2D eigenvalue weighted by Crippen LogP contribution is 2.37. The number of rotatable bonds is 12. The lowest BCUT2D eigenvalue weighted by Gasteiger charge is -2.29. The van der Waals surface area contributed by atoms with Crippen molar-refractivity contribution in [1.82, 2.24) is 14.7 Å². The van der Waals surface area contributed by atoms with E-state index in [1.54, 1.807) is 0 Å². The van der Waals surface area contributed by atoms with Gasteiger partial charge in [0.05, 0.1) is 13.2 Å². The number of carbonyl (C=O) groups excluding carboxylic acids is 2. The Morgan fingerprint density at radius 1 is 1.17 bits per heavy atom. The lowest BCUT2D eigenvalue weighted by Crippen LogP contribution is -2.44. The lowest BCUT2D eigenvalue weighted by atomic mass is 9.92. The minimum Gasteiger partial charge on any atom is -0.493 e. The van der Waals surface area contributed by atoms with E-state index in [1.807, 2.05) is 0 Å². The van der Waals surface area contributed by atoms with Crippen molar-refractivity contribution in [3.05, 3.63) is 29.3 Å². The normalized spacial score (nSPS) is 23.2. The molecule has 3 heterocycles. The summed E-state index contributed by atoms with van der Waals surface area (Å²) in [6, 6.07) is 7.00. The first kappa shape index (κ1) is 27.0. The molecule has 0 bridgehead atoms. The molecular formula is C30H47N3O3. The van der Waals surface area contributed by atoms with Gasteiger partial charge in [-0.15, -0.1) is 0 Å². The van der Waals surface area contributed by atoms with Crippen LogP contribution in [0.1, 0.15) is 89.7 Å². The first-order valence-electron chi connectivity index (χ1n) is 14.4. The zero-order valence-electron chi connectivity index (χ0n) is 23.1. The highest BCUT2D eigenvalue weighted by atomic mass is 16.5. The molecule has 0 spiro atoms. The molecule has 0 saturated carbocycles. The number of fused-ring (bicyclic) bond motifs is 1. The average molecular weight is 498 g/mol. The quantitative estimate of drug-likeness (QED) is 0.414. The Morgan fingerprint density at radius 2 is 1.92 bits per heavy atom. The Labute approximate surface area is 218 Å². The Bertz CT molecular complexity index is 907. The summed E-state index contributed by atoms with van der Waals surface area (Å²) in [5.41, 5.74) is 2.44. The molecule has 3 aliphatic heterocycles. The fraction of sp³-hybridized carbons (Fsp3) is 0.733. The van der Waals surface area contributed by atoms with Crippen LogP contribution in [0.15, 0.2) is 18.2 Å². The minimum absolute atomic E-state index is 0.237. The second-order valence-corrected chi connectivity index (χ2v) is 11.8. The van der Waals surface area contributed by atoms with E-state index in [0.717, 1.165) is 96.4 Å². The summed E-state index contributed by atoms with van der Waals surface area (Å²) in [7, 11) is 0. The maximum atomic E-state index is 13.5. The summed E-state index contributed by atoms with van der Waals surface area (Å²) in [6.07, 6.45) is 8.22. The SMILES string of the molecule is CCCCN(CCCC)C(=O)CN1CC(c2ccc3c(c2)CCO3)CC1CCN1CCC(C)(C)C1=O. The number of nitrogens with zero attached hydrogens (tertiary/aromatic N) is 3. The molecule has 6 heteroatoms. The van der Waals surface area contributed by atoms with Crippen LogP contribution in [0.3, 0.4) is 0 Å². The molecule has 4 rings (SSSR count). The van der Waals surface area contributed by atoms with Crippen LogP contribution in [0.5, 0.6) is 5.75 Å². The van der Waals surface area contributed by atoms with Gasteiger partial charge in [-0.1, -0.05) is 52.7 Å². The molecule has 2 unspecified atom stereocenters. The van der Waals surface area contributed by atoms with Gasteiger partial charge in [-0.3, -0.25) is 14.5 Å². The van der Waals surface area contributed by atoms with Crippen LogP contribution >= 0.6 is 0 Å². The fourth-order valence-corrected chi connectivity index (χ4v) is 6.08. The summed E-state index contributed by atoms with van der Waals surface area (Å²) in [6.45, 7) is 14.0. The summed E-state index contributed by atoms with van der Waals surface area (Å²) in [5, 5.41) is 0. The van der Waals surface area contributed by atoms with Gasteiger partial charge in [0.15, 0.2) is 0 Å². The number of carbonyl (C=O) groups is 2. The predicted molar refractivity (Wildman–Crippen MR) is 144 cm³/mol. The van der Waals surface area contributed by atoms with E-state index < -0.39 is 0 Å². The number of ether oxygens (including phenoxy) is 1. The molecule has 6 nitrogen and oxygen atoms in total. The minimum atomic E-state index is -0.237. The molecule has 200 valence electrons. The van der Waals surface area contributed by atoms with Crippen molar-refractivity contribution in [2.75, 3.05) is 45.9 Å². The van der Waals surface area contributed by atoms with Gasteiger partial charge in [-0.25, -0.2) is 0 Å². The van der Waals surface area contributed by atoms with Crippen LogP contribution in [-0.2, 0) is 16.0 Å². The third kappa shape index (κ3) is 6.24. The third-order valence-corrected chi connectivity index (χ3v) is 8.57. The van der Waals surface area contributed by atoms with Crippen LogP contribution in [0.2, 0.25) is 0 Å². The van der Waals surface area contributed by atoms with Gasteiger partial charge in [0, 0.05) is 50.6 Å². The van der Waals surface area contributed by atoms with Crippen LogP contribution in [0.4, 0.5) is 0 Å². The molecule has 36 heavy (non-hydrogen) atoms. The van der Waals surface area contributed by atoms with Crippen molar-refractivity contribution in [3.63, 3.8) is 0 Å². The summed E-state index contributed by atoms with van der Waals surface area (Å²) in [4.78, 5) is 32.8. The number of amides is 2. The molecule has 2 saturated heterocycles. The van der Waals surface area contributed by atoms with Crippen molar-refractivity contribution in [2.45, 2.75) is 91.0 Å². The number of hydrogen-bond donors (Lipinski definition) is 0. The predicted octanol–water partition coefficient (Wildman–Crippen LogP) is 4.86. The number of likely N-dealkylation sites (tertiary alicyclic amines) is 2. The van der Waals surface area contributed by atoms with Crippen molar-refractivity contribution in [2.24, 2.45) is 5.41 Å². The monoisotopic (exact) mass is 497 g/mol. The van der Waals surface area contributed by atoms with Gasteiger partial charge in [0.25, 0.3) is 0 Å².